The van der Waals surface area contributed by atoms with Gasteiger partial charge in [0.25, 0.3) is 0 Å². The molecule has 4 nitrogen and oxygen atoms in total. The number of ketones is 1. The summed E-state index contributed by atoms with van der Waals surface area (Å²) in [4.78, 5) is 25.5. The van der Waals surface area contributed by atoms with Crippen LogP contribution in [0.4, 0.5) is 0 Å². The van der Waals surface area contributed by atoms with Crippen molar-refractivity contribution in [1.82, 2.24) is 10.3 Å². The van der Waals surface area contributed by atoms with E-state index in [-0.39, 0.29) is 11.7 Å². The topological polar surface area (TPSA) is 59.1 Å². The summed E-state index contributed by atoms with van der Waals surface area (Å²) < 4.78 is 0. The number of carbonyl (C=O) groups excluding carboxylic acids is 2. The van der Waals surface area contributed by atoms with E-state index in [4.69, 9.17) is 0 Å². The highest BCUT2D eigenvalue weighted by Gasteiger charge is 2.00. The molecule has 0 aliphatic carbocycles. The Labute approximate surface area is 82.3 Å². The van der Waals surface area contributed by atoms with Gasteiger partial charge in [-0.05, 0) is 19.1 Å². The third kappa shape index (κ3) is 2.97. The lowest BCUT2D eigenvalue weighted by Gasteiger charge is -2.01. The van der Waals surface area contributed by atoms with E-state index >= 15 is 0 Å². The fraction of sp³-hybridized carbons (Fsp3) is 0.300. The number of aromatic nitrogens is 1. The number of hydrogen-bond acceptors (Lipinski definition) is 3. The van der Waals surface area contributed by atoms with Crippen LogP contribution in [0.15, 0.2) is 18.3 Å². The maximum Gasteiger partial charge on any atom is 0.217 e. The third-order valence-electron chi connectivity index (χ3n) is 1.75. The summed E-state index contributed by atoms with van der Waals surface area (Å²) in [7, 11) is 0. The maximum absolute atomic E-state index is 10.9. The van der Waals surface area contributed by atoms with Crippen LogP contribution in [-0.4, -0.2) is 16.7 Å². The molecule has 74 valence electrons. The Morgan fingerprint density at radius 3 is 2.50 bits per heavy atom. The highest BCUT2D eigenvalue weighted by Crippen LogP contribution is 2.00. The van der Waals surface area contributed by atoms with E-state index in [9.17, 15) is 9.59 Å². The Hall–Kier alpha value is -1.71. The van der Waals surface area contributed by atoms with Gasteiger partial charge in [0.05, 0.1) is 12.2 Å². The van der Waals surface area contributed by atoms with Gasteiger partial charge in [-0.1, -0.05) is 0 Å². The first-order chi connectivity index (χ1) is 6.59. The molecule has 0 radical (unpaired) electrons. The number of carbonyl (C=O) groups is 2. The second kappa shape index (κ2) is 4.50. The van der Waals surface area contributed by atoms with Crippen LogP contribution in [0.25, 0.3) is 0 Å². The first-order valence-corrected chi connectivity index (χ1v) is 4.30. The van der Waals surface area contributed by atoms with Crippen LogP contribution in [0.3, 0.4) is 0 Å². The number of hydrogen-bond donors (Lipinski definition) is 1. The molecule has 1 aromatic heterocycles. The Morgan fingerprint density at radius 2 is 2.07 bits per heavy atom. The van der Waals surface area contributed by atoms with Gasteiger partial charge >= 0.3 is 0 Å². The smallest absolute Gasteiger partial charge is 0.217 e. The van der Waals surface area contributed by atoms with Gasteiger partial charge in [0.1, 0.15) is 0 Å². The molecule has 0 saturated heterocycles. The van der Waals surface area contributed by atoms with E-state index in [1.807, 2.05) is 0 Å². The van der Waals surface area contributed by atoms with Crippen LogP contribution in [0.1, 0.15) is 29.9 Å². The van der Waals surface area contributed by atoms with Crippen molar-refractivity contribution in [2.45, 2.75) is 20.4 Å². The van der Waals surface area contributed by atoms with Gasteiger partial charge in [0, 0.05) is 18.7 Å². The van der Waals surface area contributed by atoms with Crippen molar-refractivity contribution in [3.8, 4) is 0 Å². The standard InChI is InChI=1S/C10H12N2O2/c1-7(13)9-3-4-10(12-5-9)6-11-8(2)14/h3-5H,6H2,1-2H3,(H,11,14). The second-order valence-electron chi connectivity index (χ2n) is 3.00. The minimum absolute atomic E-state index is 0.0106. The molecule has 1 rings (SSSR count). The zero-order valence-electron chi connectivity index (χ0n) is 8.20. The normalized spacial score (nSPS) is 9.57. The highest BCUT2D eigenvalue weighted by molar-refractivity contribution is 5.93. The number of rotatable bonds is 3. The minimum atomic E-state index is -0.0950. The lowest BCUT2D eigenvalue weighted by Crippen LogP contribution is -2.19. The molecule has 0 aliphatic rings. The van der Waals surface area contributed by atoms with Gasteiger partial charge in [-0.15, -0.1) is 0 Å². The number of pyridine rings is 1. The van der Waals surface area contributed by atoms with Crippen molar-refractivity contribution < 1.29 is 9.59 Å². The van der Waals surface area contributed by atoms with Crippen LogP contribution in [0, 0.1) is 0 Å². The number of Topliss-reactive ketones (excluding diaryl/α,β-unsaturated/α-hetero) is 1. The zero-order chi connectivity index (χ0) is 10.6. The monoisotopic (exact) mass is 192 g/mol. The average Bonchev–Trinajstić information content (AvgIpc) is 2.15. The van der Waals surface area contributed by atoms with E-state index in [1.54, 1.807) is 12.1 Å². The summed E-state index contributed by atoms with van der Waals surface area (Å²) in [6.07, 6.45) is 1.51. The number of nitrogens with one attached hydrogen (secondary N) is 1. The average molecular weight is 192 g/mol. The van der Waals surface area contributed by atoms with Crippen LogP contribution < -0.4 is 5.32 Å². The summed E-state index contributed by atoms with van der Waals surface area (Å²) >= 11 is 0. The van der Waals surface area contributed by atoms with Crippen molar-refractivity contribution in [3.05, 3.63) is 29.6 Å². The van der Waals surface area contributed by atoms with Crippen LogP contribution in [0.5, 0.6) is 0 Å². The molecule has 0 atom stereocenters. The Balaban J connectivity index is 2.64. The van der Waals surface area contributed by atoms with E-state index in [1.165, 1.54) is 20.0 Å². The molecular formula is C10H12N2O2. The molecule has 14 heavy (non-hydrogen) atoms. The van der Waals surface area contributed by atoms with Gasteiger partial charge in [-0.25, -0.2) is 0 Å². The molecule has 0 unspecified atom stereocenters. The molecule has 1 heterocycles. The molecule has 0 aliphatic heterocycles. The van der Waals surface area contributed by atoms with Crippen molar-refractivity contribution in [3.63, 3.8) is 0 Å². The molecule has 0 fully saturated rings. The minimum Gasteiger partial charge on any atom is -0.351 e. The summed E-state index contributed by atoms with van der Waals surface area (Å²) in [5, 5.41) is 2.62. The quantitative estimate of drug-likeness (QED) is 0.724. The molecular weight excluding hydrogens is 180 g/mol. The SMILES string of the molecule is CC(=O)NCc1ccc(C(C)=O)cn1. The largest absolute Gasteiger partial charge is 0.351 e. The molecule has 1 N–H and O–H groups in total. The summed E-state index contributed by atoms with van der Waals surface area (Å²) in [5.41, 5.74) is 1.32. The van der Waals surface area contributed by atoms with Crippen molar-refractivity contribution in [2.24, 2.45) is 0 Å². The van der Waals surface area contributed by atoms with Crippen LogP contribution in [0.2, 0.25) is 0 Å². The van der Waals surface area contributed by atoms with Crippen molar-refractivity contribution in [1.29, 1.82) is 0 Å². The lowest BCUT2D eigenvalue weighted by molar-refractivity contribution is -0.119. The summed E-state index contributed by atoms with van der Waals surface area (Å²) in [5.74, 6) is -0.106. The number of nitrogens with zero attached hydrogens (tertiary/aromatic N) is 1. The van der Waals surface area contributed by atoms with Gasteiger partial charge in [0.2, 0.25) is 5.91 Å². The lowest BCUT2D eigenvalue weighted by atomic mass is 10.2. The molecule has 0 bridgehead atoms. The maximum atomic E-state index is 10.9. The van der Waals surface area contributed by atoms with Crippen molar-refractivity contribution >= 4 is 11.7 Å². The molecule has 0 aromatic carbocycles. The predicted octanol–water partition coefficient (Wildman–Crippen LogP) is 0.920. The Kier molecular flexibility index (Phi) is 3.34. The van der Waals surface area contributed by atoms with Gasteiger partial charge in [0.15, 0.2) is 5.78 Å². The third-order valence-corrected chi connectivity index (χ3v) is 1.75. The fourth-order valence-electron chi connectivity index (χ4n) is 0.952. The summed E-state index contributed by atoms with van der Waals surface area (Å²) in [6, 6.07) is 3.43. The molecule has 1 amide bonds. The van der Waals surface area contributed by atoms with Gasteiger partial charge in [-0.2, -0.15) is 0 Å². The second-order valence-corrected chi connectivity index (χ2v) is 3.00. The van der Waals surface area contributed by atoms with E-state index in [2.05, 4.69) is 10.3 Å². The first kappa shape index (κ1) is 10.4. The molecule has 0 spiro atoms. The number of amides is 1. The Morgan fingerprint density at radius 1 is 1.36 bits per heavy atom. The molecule has 0 saturated carbocycles. The van der Waals surface area contributed by atoms with E-state index in [0.29, 0.717) is 12.1 Å². The van der Waals surface area contributed by atoms with E-state index in [0.717, 1.165) is 5.69 Å². The van der Waals surface area contributed by atoms with Crippen LogP contribution >= 0.6 is 0 Å². The predicted molar refractivity (Wildman–Crippen MR) is 51.8 cm³/mol. The van der Waals surface area contributed by atoms with Crippen molar-refractivity contribution in [2.75, 3.05) is 0 Å². The van der Waals surface area contributed by atoms with Crippen LogP contribution in [-0.2, 0) is 11.3 Å². The summed E-state index contributed by atoms with van der Waals surface area (Å²) in [6.45, 7) is 3.34. The highest BCUT2D eigenvalue weighted by atomic mass is 16.1. The fourth-order valence-corrected chi connectivity index (χ4v) is 0.952. The Bertz CT molecular complexity index is 344. The first-order valence-electron chi connectivity index (χ1n) is 4.30. The van der Waals surface area contributed by atoms with E-state index < -0.39 is 0 Å². The van der Waals surface area contributed by atoms with Gasteiger partial charge < -0.3 is 5.32 Å². The van der Waals surface area contributed by atoms with Gasteiger partial charge in [-0.3, -0.25) is 14.6 Å². The molecule has 1 aromatic rings. The zero-order valence-corrected chi connectivity index (χ0v) is 8.20. The molecule has 4 heteroatoms.